The van der Waals surface area contributed by atoms with Crippen LogP contribution >= 0.6 is 0 Å². The van der Waals surface area contributed by atoms with E-state index >= 15 is 0 Å². The number of nitrogens with one attached hydrogen (secondary N) is 1. The quantitative estimate of drug-likeness (QED) is 0.0308. The minimum absolute atomic E-state index is 0.358. The number of aliphatic hydroxyl groups excluding tert-OH is 4. The van der Waals surface area contributed by atoms with Gasteiger partial charge in [0.05, 0.1) is 18.8 Å². The highest BCUT2D eigenvalue weighted by molar-refractivity contribution is 5.80. The summed E-state index contributed by atoms with van der Waals surface area (Å²) in [6, 6.07) is -1.01. The van der Waals surface area contributed by atoms with E-state index in [1.807, 2.05) is 0 Å². The smallest absolute Gasteiger partial charge is 0.249 e. The van der Waals surface area contributed by atoms with E-state index in [0.717, 1.165) is 44.9 Å². The number of amides is 1. The van der Waals surface area contributed by atoms with Crippen molar-refractivity contribution in [1.82, 2.24) is 5.32 Å². The van der Waals surface area contributed by atoms with Crippen LogP contribution in [0.2, 0.25) is 0 Å². The van der Waals surface area contributed by atoms with Crippen LogP contribution in [-0.4, -0.2) is 57.3 Å². The van der Waals surface area contributed by atoms with Crippen LogP contribution in [0.5, 0.6) is 0 Å². The highest BCUT2D eigenvalue weighted by Crippen LogP contribution is 2.18. The average molecular weight is 1010 g/mol. The van der Waals surface area contributed by atoms with Crippen molar-refractivity contribution in [1.29, 1.82) is 0 Å². The summed E-state index contributed by atoms with van der Waals surface area (Å²) in [6.45, 7) is 4.08. The number of carbonyl (C=O) groups is 1. The van der Waals surface area contributed by atoms with Gasteiger partial charge in [-0.15, -0.1) is 0 Å². The molecule has 0 aromatic carbocycles. The first-order valence-corrected chi connectivity index (χ1v) is 32.0. The van der Waals surface area contributed by atoms with E-state index in [-0.39, 0.29) is 0 Å². The molecule has 0 fully saturated rings. The molecule has 4 unspecified atom stereocenters. The second-order valence-corrected chi connectivity index (χ2v) is 22.1. The molecule has 0 radical (unpaired) electrons. The fourth-order valence-corrected chi connectivity index (χ4v) is 9.98. The normalized spacial score (nSPS) is 13.9. The third-order valence-electron chi connectivity index (χ3n) is 15.0. The van der Waals surface area contributed by atoms with Crippen LogP contribution in [-0.2, 0) is 4.79 Å². The van der Waals surface area contributed by atoms with Crippen molar-refractivity contribution < 1.29 is 25.2 Å². The van der Waals surface area contributed by atoms with E-state index in [2.05, 4.69) is 67.8 Å². The number of rotatable bonds is 59. The third kappa shape index (κ3) is 53.1. The number of unbranched alkanes of at least 4 members (excludes halogenated alkanes) is 42. The summed E-state index contributed by atoms with van der Waals surface area (Å²) >= 11 is 0. The Morgan fingerprint density at radius 1 is 0.347 bits per heavy atom. The van der Waals surface area contributed by atoms with Crippen molar-refractivity contribution in [2.45, 2.75) is 359 Å². The van der Waals surface area contributed by atoms with Crippen LogP contribution in [0.3, 0.4) is 0 Å². The number of carbonyl (C=O) groups excluding carboxylic acids is 1. The standard InChI is InChI=1S/C66H125NO5/c1-3-5-7-9-11-13-15-17-19-21-23-25-27-29-31-33-35-37-39-41-43-45-47-49-51-53-55-57-59-63(69)65(71)62(61-68)67-66(72)64(70)60-58-56-54-52-50-48-46-44-42-40-38-36-34-32-30-28-26-24-22-20-18-16-14-12-10-8-6-4-2/h24,26,30,32,43,45,51,53,62-65,68-71H,3-23,25,27-29,31,33-42,44,46-50,52,54-61H2,1-2H3,(H,67,72)/b26-24-,32-30-,45-43+,53-51+. The van der Waals surface area contributed by atoms with Gasteiger partial charge in [-0.1, -0.05) is 300 Å². The van der Waals surface area contributed by atoms with Crippen molar-refractivity contribution in [3.05, 3.63) is 48.6 Å². The Bertz CT molecular complexity index is 1180. The second kappa shape index (κ2) is 60.1. The van der Waals surface area contributed by atoms with Gasteiger partial charge in [0, 0.05) is 0 Å². The van der Waals surface area contributed by atoms with Gasteiger partial charge >= 0.3 is 0 Å². The maximum atomic E-state index is 12.6. The highest BCUT2D eigenvalue weighted by atomic mass is 16.3. The average Bonchev–Trinajstić information content (AvgIpc) is 3.39. The summed E-state index contributed by atoms with van der Waals surface area (Å²) in [5, 5.41) is 44.1. The molecule has 0 aliphatic carbocycles. The highest BCUT2D eigenvalue weighted by Gasteiger charge is 2.28. The molecule has 72 heavy (non-hydrogen) atoms. The largest absolute Gasteiger partial charge is 0.394 e. The number of aliphatic hydroxyl groups is 4. The Hall–Kier alpha value is -1.73. The molecule has 6 nitrogen and oxygen atoms in total. The van der Waals surface area contributed by atoms with Gasteiger partial charge in [0.2, 0.25) is 5.91 Å². The van der Waals surface area contributed by atoms with Crippen molar-refractivity contribution in [2.24, 2.45) is 0 Å². The predicted molar refractivity (Wildman–Crippen MR) is 316 cm³/mol. The molecule has 0 aliphatic rings. The first-order chi connectivity index (χ1) is 35.5. The van der Waals surface area contributed by atoms with Crippen molar-refractivity contribution in [2.75, 3.05) is 6.61 Å². The maximum absolute atomic E-state index is 12.6. The Morgan fingerprint density at radius 2 is 0.625 bits per heavy atom. The maximum Gasteiger partial charge on any atom is 0.249 e. The van der Waals surface area contributed by atoms with Crippen LogP contribution in [0.25, 0.3) is 0 Å². The minimum atomic E-state index is -1.29. The first kappa shape index (κ1) is 70.3. The summed E-state index contributed by atoms with van der Waals surface area (Å²) < 4.78 is 0. The lowest BCUT2D eigenvalue weighted by Crippen LogP contribution is -2.53. The van der Waals surface area contributed by atoms with Crippen LogP contribution in [0.15, 0.2) is 48.6 Å². The molecule has 4 atom stereocenters. The van der Waals surface area contributed by atoms with E-state index in [4.69, 9.17) is 0 Å². The number of hydrogen-bond acceptors (Lipinski definition) is 5. The summed E-state index contributed by atoms with van der Waals surface area (Å²) in [7, 11) is 0. The predicted octanol–water partition coefficient (Wildman–Crippen LogP) is 19.3. The van der Waals surface area contributed by atoms with Crippen LogP contribution < -0.4 is 5.32 Å². The van der Waals surface area contributed by atoms with Gasteiger partial charge in [-0.2, -0.15) is 0 Å². The Balaban J connectivity index is 3.65. The molecule has 6 heteroatoms. The zero-order valence-corrected chi connectivity index (χ0v) is 48.2. The first-order valence-electron chi connectivity index (χ1n) is 32.0. The zero-order chi connectivity index (χ0) is 52.3. The Kier molecular flexibility index (Phi) is 58.7. The number of hydrogen-bond donors (Lipinski definition) is 5. The van der Waals surface area contributed by atoms with Crippen molar-refractivity contribution >= 4 is 5.91 Å². The molecule has 5 N–H and O–H groups in total. The fraction of sp³-hybridized carbons (Fsp3) is 0.864. The Morgan fingerprint density at radius 3 is 0.958 bits per heavy atom. The van der Waals surface area contributed by atoms with Gasteiger partial charge in [0.15, 0.2) is 0 Å². The second-order valence-electron chi connectivity index (χ2n) is 22.1. The molecule has 0 aromatic heterocycles. The molecular weight excluding hydrogens is 887 g/mol. The summed E-state index contributed by atoms with van der Waals surface area (Å²) in [6.07, 6.45) is 77.8. The van der Waals surface area contributed by atoms with Gasteiger partial charge in [-0.3, -0.25) is 4.79 Å². The summed E-state index contributed by atoms with van der Waals surface area (Å²) in [5.74, 6) is -0.596. The molecule has 0 rings (SSSR count). The third-order valence-corrected chi connectivity index (χ3v) is 15.0. The molecule has 0 bridgehead atoms. The van der Waals surface area contributed by atoms with E-state index in [0.29, 0.717) is 19.3 Å². The van der Waals surface area contributed by atoms with E-state index in [9.17, 15) is 25.2 Å². The van der Waals surface area contributed by atoms with Gasteiger partial charge in [0.25, 0.3) is 0 Å². The lowest BCUT2D eigenvalue weighted by molar-refractivity contribution is -0.132. The summed E-state index contributed by atoms with van der Waals surface area (Å²) in [4.78, 5) is 12.6. The lowest BCUT2D eigenvalue weighted by Gasteiger charge is -2.27. The molecule has 0 heterocycles. The number of allylic oxidation sites excluding steroid dienone is 8. The summed E-state index contributed by atoms with van der Waals surface area (Å²) in [5.41, 5.74) is 0. The lowest BCUT2D eigenvalue weighted by atomic mass is 10.00. The molecule has 0 spiro atoms. The van der Waals surface area contributed by atoms with Crippen molar-refractivity contribution in [3.8, 4) is 0 Å². The van der Waals surface area contributed by atoms with Crippen LogP contribution in [0, 0.1) is 0 Å². The SMILES string of the molecule is CCCCCCCCCCC/C=C\C/C=C\CCCCCCCCCCCCCCC(O)C(=O)NC(CO)C(O)C(O)CCC/C=C/CC/C=C/CCCCCCCCCCCCCCCCCCCCC. The molecule has 0 saturated carbocycles. The van der Waals surface area contributed by atoms with Gasteiger partial charge < -0.3 is 25.7 Å². The van der Waals surface area contributed by atoms with Gasteiger partial charge in [-0.25, -0.2) is 0 Å². The molecule has 0 aromatic rings. The molecule has 1 amide bonds. The molecule has 424 valence electrons. The molecular formula is C66H125NO5. The monoisotopic (exact) mass is 1010 g/mol. The van der Waals surface area contributed by atoms with Crippen LogP contribution in [0.4, 0.5) is 0 Å². The van der Waals surface area contributed by atoms with E-state index in [1.54, 1.807) is 0 Å². The Labute approximate surface area is 449 Å². The van der Waals surface area contributed by atoms with Crippen LogP contribution in [0.1, 0.15) is 335 Å². The van der Waals surface area contributed by atoms with Gasteiger partial charge in [-0.05, 0) is 83.5 Å². The zero-order valence-electron chi connectivity index (χ0n) is 48.2. The van der Waals surface area contributed by atoms with Gasteiger partial charge in [0.1, 0.15) is 12.2 Å². The minimum Gasteiger partial charge on any atom is -0.394 e. The fourth-order valence-electron chi connectivity index (χ4n) is 9.98. The molecule has 0 aliphatic heterocycles. The topological polar surface area (TPSA) is 110 Å². The van der Waals surface area contributed by atoms with Crippen molar-refractivity contribution in [3.63, 3.8) is 0 Å². The van der Waals surface area contributed by atoms with E-state index in [1.165, 1.54) is 257 Å². The molecule has 0 saturated heterocycles. The van der Waals surface area contributed by atoms with E-state index < -0.39 is 36.9 Å².